The minimum Gasteiger partial charge on any atom is -0.384 e. The Bertz CT molecular complexity index is 1320. The number of pyridine rings is 1. The highest BCUT2D eigenvalue weighted by molar-refractivity contribution is 6.30. The predicted octanol–water partition coefficient (Wildman–Crippen LogP) is 3.05. The van der Waals surface area contributed by atoms with Crippen LogP contribution in [-0.2, 0) is 17.4 Å². The van der Waals surface area contributed by atoms with Crippen molar-refractivity contribution in [3.8, 4) is 0 Å². The lowest BCUT2D eigenvalue weighted by Gasteiger charge is -2.48. The molecule has 4 heterocycles. The van der Waals surface area contributed by atoms with Crippen LogP contribution in [0.4, 0.5) is 5.82 Å². The summed E-state index contributed by atoms with van der Waals surface area (Å²) in [6.45, 7) is 5.95. The van der Waals surface area contributed by atoms with Crippen LogP contribution in [-0.4, -0.2) is 56.9 Å². The Hall–Kier alpha value is -3.23. The second-order valence-electron chi connectivity index (χ2n) is 10.4. The Morgan fingerprint density at radius 3 is 2.32 bits per heavy atom. The summed E-state index contributed by atoms with van der Waals surface area (Å²) in [5, 5.41) is 16.7. The van der Waals surface area contributed by atoms with Crippen molar-refractivity contribution < 1.29 is 9.90 Å². The molecule has 2 fully saturated rings. The zero-order chi connectivity index (χ0) is 26.3. The third-order valence-corrected chi connectivity index (χ3v) is 8.30. The molecule has 1 aromatic carbocycles. The van der Waals surface area contributed by atoms with Crippen LogP contribution in [0.2, 0.25) is 5.02 Å². The number of aliphatic hydroxyl groups is 1. The Kier molecular flexibility index (Phi) is 6.81. The maximum absolute atomic E-state index is 14.1. The monoisotopic (exact) mass is 521 g/mol. The van der Waals surface area contributed by atoms with E-state index in [9.17, 15) is 14.7 Å². The number of carbonyl (C=O) groups excluding carboxylic acids is 1. The molecule has 8 nitrogen and oxygen atoms in total. The lowest BCUT2D eigenvalue weighted by molar-refractivity contribution is -0.152. The van der Waals surface area contributed by atoms with Gasteiger partial charge in [-0.05, 0) is 23.8 Å². The first-order valence-electron chi connectivity index (χ1n) is 12.7. The summed E-state index contributed by atoms with van der Waals surface area (Å²) in [6, 6.07) is 16.6. The largest absolute Gasteiger partial charge is 0.384 e. The van der Waals surface area contributed by atoms with E-state index in [1.807, 2.05) is 60.0 Å². The quantitative estimate of drug-likeness (QED) is 0.567. The molecule has 0 bridgehead atoms. The molecule has 2 aliphatic rings. The number of carbonyl (C=O) groups is 1. The zero-order valence-corrected chi connectivity index (χ0v) is 22.0. The number of piperidine rings is 1. The van der Waals surface area contributed by atoms with Crippen LogP contribution in [0.5, 0.6) is 0 Å². The van der Waals surface area contributed by atoms with Crippen molar-refractivity contribution in [3.05, 3.63) is 87.4 Å². The summed E-state index contributed by atoms with van der Waals surface area (Å²) in [5.41, 5.74) is 0.496. The van der Waals surface area contributed by atoms with Gasteiger partial charge in [-0.25, -0.2) is 4.68 Å². The van der Waals surface area contributed by atoms with Gasteiger partial charge in [-0.15, -0.1) is 0 Å². The van der Waals surface area contributed by atoms with Gasteiger partial charge in [0.15, 0.2) is 0 Å². The van der Waals surface area contributed by atoms with E-state index in [0.717, 1.165) is 11.3 Å². The van der Waals surface area contributed by atoms with E-state index < -0.39 is 5.60 Å². The van der Waals surface area contributed by atoms with Crippen molar-refractivity contribution in [2.45, 2.75) is 25.4 Å². The normalized spacial score (nSPS) is 27.9. The first-order valence-corrected chi connectivity index (χ1v) is 13.0. The highest BCUT2D eigenvalue weighted by Gasteiger charge is 2.49. The summed E-state index contributed by atoms with van der Waals surface area (Å²) in [4.78, 5) is 34.4. The Balaban J connectivity index is 1.42. The van der Waals surface area contributed by atoms with Gasteiger partial charge in [-0.3, -0.25) is 14.6 Å². The number of anilines is 1. The third kappa shape index (κ3) is 4.64. The average molecular weight is 522 g/mol. The molecule has 4 unspecified atom stereocenters. The molecular weight excluding hydrogens is 490 g/mol. The summed E-state index contributed by atoms with van der Waals surface area (Å²) in [7, 11) is 1.62. The molecule has 0 aliphatic carbocycles. The predicted molar refractivity (Wildman–Crippen MR) is 142 cm³/mol. The molecule has 2 saturated heterocycles. The number of likely N-dealkylation sites (tertiary alicyclic amines) is 1. The van der Waals surface area contributed by atoms with Crippen molar-refractivity contribution in [2.24, 2.45) is 24.8 Å². The maximum atomic E-state index is 14.1. The maximum Gasteiger partial charge on any atom is 0.266 e. The molecule has 2 aliphatic heterocycles. The van der Waals surface area contributed by atoms with Crippen LogP contribution in [0.3, 0.4) is 0 Å². The molecule has 4 atom stereocenters. The molecule has 5 rings (SSSR count). The van der Waals surface area contributed by atoms with Crippen molar-refractivity contribution in [1.29, 1.82) is 0 Å². The second-order valence-corrected chi connectivity index (χ2v) is 10.8. The lowest BCUT2D eigenvalue weighted by Crippen LogP contribution is -2.57. The van der Waals surface area contributed by atoms with Gasteiger partial charge < -0.3 is 14.9 Å². The van der Waals surface area contributed by atoms with Gasteiger partial charge in [0.2, 0.25) is 5.91 Å². The minimum absolute atomic E-state index is 0.0443. The number of hydrogen-bond acceptors (Lipinski definition) is 6. The van der Waals surface area contributed by atoms with Crippen LogP contribution in [0.25, 0.3) is 0 Å². The highest BCUT2D eigenvalue weighted by Crippen LogP contribution is 2.43. The average Bonchev–Trinajstić information content (AvgIpc) is 3.34. The van der Waals surface area contributed by atoms with Crippen LogP contribution in [0.15, 0.2) is 65.6 Å². The number of aryl methyl sites for hydroxylation is 1. The van der Waals surface area contributed by atoms with Crippen LogP contribution in [0.1, 0.15) is 31.0 Å². The van der Waals surface area contributed by atoms with Crippen molar-refractivity contribution in [3.63, 3.8) is 0 Å². The number of aromatic nitrogens is 3. The smallest absolute Gasteiger partial charge is 0.266 e. The SMILES string of the molecule is CC1CN(C(=O)C2CN(c3ccc(=O)n(C)n3)CC2c2ccc(Cl)cn2)CC(C)C1(O)c1ccccc1. The van der Waals surface area contributed by atoms with Crippen LogP contribution >= 0.6 is 11.6 Å². The number of nitrogens with zero attached hydrogens (tertiary/aromatic N) is 5. The molecular formula is C28H32ClN5O3. The minimum atomic E-state index is -1.00. The summed E-state index contributed by atoms with van der Waals surface area (Å²) >= 11 is 6.09. The number of amides is 1. The van der Waals surface area contributed by atoms with Gasteiger partial charge >= 0.3 is 0 Å². The van der Waals surface area contributed by atoms with Gasteiger partial charge in [-0.1, -0.05) is 55.8 Å². The van der Waals surface area contributed by atoms with E-state index in [1.54, 1.807) is 25.4 Å². The molecule has 1 amide bonds. The van der Waals surface area contributed by atoms with E-state index in [4.69, 9.17) is 11.6 Å². The standard InChI is InChI=1S/C28H32ClN5O3/c1-18-14-34(15-19(2)28(18,37)20-7-5-4-6-8-20)27(36)23-17-33(25-11-12-26(35)32(3)31-25)16-22(23)24-10-9-21(29)13-30-24/h4-13,18-19,22-23,37H,14-17H2,1-3H3. The topological polar surface area (TPSA) is 91.6 Å². The van der Waals surface area contributed by atoms with E-state index >= 15 is 0 Å². The molecule has 0 spiro atoms. The van der Waals surface area contributed by atoms with E-state index in [2.05, 4.69) is 10.1 Å². The molecule has 3 aromatic rings. The van der Waals surface area contributed by atoms with Gasteiger partial charge in [-0.2, -0.15) is 5.10 Å². The summed E-state index contributed by atoms with van der Waals surface area (Å²) in [5.74, 6) is -0.104. The molecule has 37 heavy (non-hydrogen) atoms. The molecule has 0 radical (unpaired) electrons. The zero-order valence-electron chi connectivity index (χ0n) is 21.3. The van der Waals surface area contributed by atoms with Gasteiger partial charge in [0.1, 0.15) is 5.82 Å². The van der Waals surface area contributed by atoms with E-state index in [1.165, 1.54) is 10.7 Å². The van der Waals surface area contributed by atoms with Gasteiger partial charge in [0.05, 0.1) is 16.5 Å². The number of benzene rings is 1. The van der Waals surface area contributed by atoms with Crippen LogP contribution in [0, 0.1) is 17.8 Å². The fourth-order valence-corrected chi connectivity index (χ4v) is 6.11. The summed E-state index contributed by atoms with van der Waals surface area (Å²) < 4.78 is 1.30. The highest BCUT2D eigenvalue weighted by atomic mass is 35.5. The fraction of sp³-hybridized carbons (Fsp3) is 0.429. The Morgan fingerprint density at radius 1 is 1.00 bits per heavy atom. The van der Waals surface area contributed by atoms with Crippen molar-refractivity contribution in [2.75, 3.05) is 31.1 Å². The van der Waals surface area contributed by atoms with Crippen LogP contribution < -0.4 is 10.5 Å². The van der Waals surface area contributed by atoms with Gasteiger partial charge in [0, 0.05) is 68.9 Å². The number of hydrogen-bond donors (Lipinski definition) is 1. The van der Waals surface area contributed by atoms with Crippen molar-refractivity contribution in [1.82, 2.24) is 19.7 Å². The number of rotatable bonds is 4. The first-order chi connectivity index (χ1) is 17.7. The van der Waals surface area contributed by atoms with Crippen molar-refractivity contribution >= 4 is 23.3 Å². The van der Waals surface area contributed by atoms with E-state index in [0.29, 0.717) is 37.0 Å². The molecule has 194 valence electrons. The first kappa shape index (κ1) is 25.4. The Labute approximate surface area is 221 Å². The number of halogens is 1. The van der Waals surface area contributed by atoms with Gasteiger partial charge in [0.25, 0.3) is 5.56 Å². The van der Waals surface area contributed by atoms with E-state index in [-0.39, 0.29) is 35.1 Å². The molecule has 1 N–H and O–H groups in total. The molecule has 2 aromatic heterocycles. The third-order valence-electron chi connectivity index (χ3n) is 8.08. The molecule has 0 saturated carbocycles. The lowest BCUT2D eigenvalue weighted by atomic mass is 9.70. The summed E-state index contributed by atoms with van der Waals surface area (Å²) in [6.07, 6.45) is 1.61. The second kappa shape index (κ2) is 9.91. The fourth-order valence-electron chi connectivity index (χ4n) is 5.99. The Morgan fingerprint density at radius 2 is 1.70 bits per heavy atom. The molecule has 9 heteroatoms.